The zero-order valence-corrected chi connectivity index (χ0v) is 9.87. The third-order valence-electron chi connectivity index (χ3n) is 2.45. The fourth-order valence-corrected chi connectivity index (χ4v) is 2.57. The number of alkyl halides is 1. The second-order valence-corrected chi connectivity index (χ2v) is 5.43. The molecule has 1 rings (SSSR count). The van der Waals surface area contributed by atoms with E-state index in [1.807, 2.05) is 11.8 Å². The highest BCUT2D eigenvalue weighted by molar-refractivity contribution is 7.99. The molecule has 0 radical (unpaired) electrons. The van der Waals surface area contributed by atoms with E-state index in [0.717, 1.165) is 19.6 Å². The van der Waals surface area contributed by atoms with Crippen molar-refractivity contribution in [3.05, 3.63) is 0 Å². The molecular weight excluding hydrogens is 204 g/mol. The molecule has 1 saturated heterocycles. The molecule has 1 aliphatic rings. The molecule has 1 aliphatic heterocycles. The zero-order chi connectivity index (χ0) is 9.52. The van der Waals surface area contributed by atoms with Crippen molar-refractivity contribution in [2.45, 2.75) is 31.6 Å². The van der Waals surface area contributed by atoms with Gasteiger partial charge in [-0.25, -0.2) is 0 Å². The SMILES string of the molecule is CCSCCCC1COCCC1Cl. The average molecular weight is 223 g/mol. The first kappa shape index (κ1) is 11.7. The van der Waals surface area contributed by atoms with Gasteiger partial charge in [-0.2, -0.15) is 11.8 Å². The number of hydrogen-bond acceptors (Lipinski definition) is 2. The summed E-state index contributed by atoms with van der Waals surface area (Å²) < 4.78 is 5.42. The molecule has 0 aromatic heterocycles. The lowest BCUT2D eigenvalue weighted by atomic mass is 9.97. The van der Waals surface area contributed by atoms with Crippen molar-refractivity contribution in [1.29, 1.82) is 0 Å². The summed E-state index contributed by atoms with van der Waals surface area (Å²) in [5, 5.41) is 0.361. The van der Waals surface area contributed by atoms with Gasteiger partial charge in [-0.15, -0.1) is 11.6 Å². The van der Waals surface area contributed by atoms with Gasteiger partial charge in [-0.1, -0.05) is 6.92 Å². The van der Waals surface area contributed by atoms with Gasteiger partial charge in [0.25, 0.3) is 0 Å². The topological polar surface area (TPSA) is 9.23 Å². The summed E-state index contributed by atoms with van der Waals surface area (Å²) in [6.07, 6.45) is 3.56. The number of ether oxygens (including phenoxy) is 1. The van der Waals surface area contributed by atoms with Crippen molar-refractivity contribution in [3.8, 4) is 0 Å². The van der Waals surface area contributed by atoms with Crippen LogP contribution in [0.4, 0.5) is 0 Å². The molecule has 2 unspecified atom stereocenters. The highest BCUT2D eigenvalue weighted by Crippen LogP contribution is 2.24. The molecular formula is C10H19ClOS. The Hall–Kier alpha value is 0.600. The molecule has 1 fully saturated rings. The van der Waals surface area contributed by atoms with Crippen LogP contribution in [-0.2, 0) is 4.74 Å². The third kappa shape index (κ3) is 4.57. The van der Waals surface area contributed by atoms with Crippen LogP contribution in [0.3, 0.4) is 0 Å². The quantitative estimate of drug-likeness (QED) is 0.522. The van der Waals surface area contributed by atoms with E-state index in [2.05, 4.69) is 6.92 Å². The van der Waals surface area contributed by atoms with Crippen LogP contribution < -0.4 is 0 Å². The first-order valence-electron chi connectivity index (χ1n) is 5.14. The van der Waals surface area contributed by atoms with Gasteiger partial charge in [0.05, 0.1) is 6.61 Å². The van der Waals surface area contributed by atoms with E-state index in [0.29, 0.717) is 11.3 Å². The average Bonchev–Trinajstić information content (AvgIpc) is 2.15. The number of halogens is 1. The molecule has 0 aromatic rings. The van der Waals surface area contributed by atoms with Crippen LogP contribution >= 0.6 is 23.4 Å². The molecule has 78 valence electrons. The number of rotatable bonds is 5. The summed E-state index contributed by atoms with van der Waals surface area (Å²) in [5.41, 5.74) is 0. The maximum absolute atomic E-state index is 6.21. The summed E-state index contributed by atoms with van der Waals surface area (Å²) in [6, 6.07) is 0. The van der Waals surface area contributed by atoms with Crippen molar-refractivity contribution in [2.75, 3.05) is 24.7 Å². The Bertz CT molecular complexity index is 132. The van der Waals surface area contributed by atoms with E-state index in [-0.39, 0.29) is 0 Å². The standard InChI is InChI=1S/C10H19ClOS/c1-2-13-7-3-4-9-8-12-6-5-10(9)11/h9-10H,2-8H2,1H3. The first-order valence-corrected chi connectivity index (χ1v) is 6.73. The maximum Gasteiger partial charge on any atom is 0.0508 e. The van der Waals surface area contributed by atoms with E-state index in [9.17, 15) is 0 Å². The van der Waals surface area contributed by atoms with Crippen LogP contribution in [0.1, 0.15) is 26.2 Å². The first-order chi connectivity index (χ1) is 6.34. The van der Waals surface area contributed by atoms with Crippen molar-refractivity contribution < 1.29 is 4.74 Å². The monoisotopic (exact) mass is 222 g/mol. The van der Waals surface area contributed by atoms with Crippen LogP contribution in [0, 0.1) is 5.92 Å². The Labute approximate surface area is 90.6 Å². The van der Waals surface area contributed by atoms with E-state index in [4.69, 9.17) is 16.3 Å². The zero-order valence-electron chi connectivity index (χ0n) is 8.30. The fraction of sp³-hybridized carbons (Fsp3) is 1.00. The lowest BCUT2D eigenvalue weighted by molar-refractivity contribution is 0.0544. The Kier molecular flexibility index (Phi) is 6.26. The molecule has 13 heavy (non-hydrogen) atoms. The van der Waals surface area contributed by atoms with Crippen molar-refractivity contribution >= 4 is 23.4 Å². The normalized spacial score (nSPS) is 29.1. The summed E-state index contributed by atoms with van der Waals surface area (Å²) in [5.74, 6) is 3.11. The van der Waals surface area contributed by atoms with Crippen LogP contribution in [-0.4, -0.2) is 30.1 Å². The molecule has 0 N–H and O–H groups in total. The van der Waals surface area contributed by atoms with Crippen LogP contribution in [0.2, 0.25) is 0 Å². The number of hydrogen-bond donors (Lipinski definition) is 0. The third-order valence-corrected chi connectivity index (χ3v) is 4.01. The largest absolute Gasteiger partial charge is 0.381 e. The van der Waals surface area contributed by atoms with Crippen LogP contribution in [0.25, 0.3) is 0 Å². The molecule has 1 nitrogen and oxygen atoms in total. The molecule has 2 atom stereocenters. The lowest BCUT2D eigenvalue weighted by Gasteiger charge is -2.26. The molecule has 0 spiro atoms. The summed E-state index contributed by atoms with van der Waals surface area (Å²) in [4.78, 5) is 0. The van der Waals surface area contributed by atoms with E-state index < -0.39 is 0 Å². The second kappa shape index (κ2) is 6.97. The van der Waals surface area contributed by atoms with E-state index >= 15 is 0 Å². The molecule has 1 heterocycles. The molecule has 0 aliphatic carbocycles. The van der Waals surface area contributed by atoms with Crippen LogP contribution in [0.15, 0.2) is 0 Å². The molecule has 0 aromatic carbocycles. The Morgan fingerprint density at radius 2 is 2.38 bits per heavy atom. The lowest BCUT2D eigenvalue weighted by Crippen LogP contribution is -2.28. The number of thioether (sulfide) groups is 1. The molecule has 3 heteroatoms. The Balaban J connectivity index is 2.05. The second-order valence-electron chi connectivity index (χ2n) is 3.48. The van der Waals surface area contributed by atoms with Gasteiger partial charge in [0, 0.05) is 12.0 Å². The van der Waals surface area contributed by atoms with E-state index in [1.165, 1.54) is 24.3 Å². The summed E-state index contributed by atoms with van der Waals surface area (Å²) in [6.45, 7) is 3.94. The predicted molar refractivity (Wildman–Crippen MR) is 60.8 cm³/mol. The molecule has 0 bridgehead atoms. The highest BCUT2D eigenvalue weighted by Gasteiger charge is 2.22. The van der Waals surface area contributed by atoms with Gasteiger partial charge >= 0.3 is 0 Å². The van der Waals surface area contributed by atoms with Crippen molar-refractivity contribution in [2.24, 2.45) is 5.92 Å². The summed E-state index contributed by atoms with van der Waals surface area (Å²) >= 11 is 8.22. The van der Waals surface area contributed by atoms with Crippen molar-refractivity contribution in [3.63, 3.8) is 0 Å². The minimum atomic E-state index is 0.361. The van der Waals surface area contributed by atoms with Gasteiger partial charge in [0.2, 0.25) is 0 Å². The fourth-order valence-electron chi connectivity index (χ4n) is 1.63. The predicted octanol–water partition coefficient (Wildman–Crippen LogP) is 3.16. The Morgan fingerprint density at radius 3 is 3.08 bits per heavy atom. The Morgan fingerprint density at radius 1 is 1.54 bits per heavy atom. The van der Waals surface area contributed by atoms with Gasteiger partial charge in [-0.3, -0.25) is 0 Å². The highest BCUT2D eigenvalue weighted by atomic mass is 35.5. The maximum atomic E-state index is 6.21. The molecule has 0 amide bonds. The van der Waals surface area contributed by atoms with Gasteiger partial charge in [-0.05, 0) is 36.7 Å². The van der Waals surface area contributed by atoms with Gasteiger partial charge in [0.1, 0.15) is 0 Å². The van der Waals surface area contributed by atoms with Gasteiger partial charge < -0.3 is 4.74 Å². The van der Waals surface area contributed by atoms with Gasteiger partial charge in [0.15, 0.2) is 0 Å². The molecule has 0 saturated carbocycles. The van der Waals surface area contributed by atoms with Crippen LogP contribution in [0.5, 0.6) is 0 Å². The minimum Gasteiger partial charge on any atom is -0.381 e. The van der Waals surface area contributed by atoms with Crippen molar-refractivity contribution in [1.82, 2.24) is 0 Å². The smallest absolute Gasteiger partial charge is 0.0508 e. The minimum absolute atomic E-state index is 0.361. The van der Waals surface area contributed by atoms with E-state index in [1.54, 1.807) is 0 Å². The summed E-state index contributed by atoms with van der Waals surface area (Å²) in [7, 11) is 0.